The highest BCUT2D eigenvalue weighted by Gasteiger charge is 2.32. The maximum atomic E-state index is 12.7. The van der Waals surface area contributed by atoms with Crippen molar-refractivity contribution in [1.82, 2.24) is 15.0 Å². The summed E-state index contributed by atoms with van der Waals surface area (Å²) in [7, 11) is 0. The SMILES string of the molecule is N[C@H]1CCN(c2ccnc3ccc(-c4ccc(C(F)(F)F)nc4)nc23)C1. The van der Waals surface area contributed by atoms with Gasteiger partial charge in [-0.05, 0) is 36.8 Å². The second-order valence-electron chi connectivity index (χ2n) is 6.32. The van der Waals surface area contributed by atoms with E-state index in [1.54, 1.807) is 12.3 Å². The number of hydrogen-bond donors (Lipinski definition) is 1. The van der Waals surface area contributed by atoms with Crippen LogP contribution in [0.1, 0.15) is 12.1 Å². The van der Waals surface area contributed by atoms with E-state index in [0.29, 0.717) is 16.8 Å². The summed E-state index contributed by atoms with van der Waals surface area (Å²) in [6.07, 6.45) is -0.630. The molecule has 0 aliphatic carbocycles. The molecule has 1 saturated heterocycles. The summed E-state index contributed by atoms with van der Waals surface area (Å²) >= 11 is 0. The lowest BCUT2D eigenvalue weighted by Crippen LogP contribution is -2.26. The fourth-order valence-corrected chi connectivity index (χ4v) is 3.15. The summed E-state index contributed by atoms with van der Waals surface area (Å²) in [5.41, 5.74) is 8.52. The average Bonchev–Trinajstić information content (AvgIpc) is 3.06. The average molecular weight is 359 g/mol. The molecule has 1 aliphatic heterocycles. The Hall–Kier alpha value is -2.74. The van der Waals surface area contributed by atoms with Gasteiger partial charge in [0.05, 0.1) is 16.9 Å². The Bertz CT molecular complexity index is 940. The van der Waals surface area contributed by atoms with Crippen LogP contribution in [0.4, 0.5) is 18.9 Å². The fourth-order valence-electron chi connectivity index (χ4n) is 3.15. The van der Waals surface area contributed by atoms with Gasteiger partial charge in [-0.25, -0.2) is 4.98 Å². The van der Waals surface area contributed by atoms with Gasteiger partial charge < -0.3 is 10.6 Å². The van der Waals surface area contributed by atoms with Crippen molar-refractivity contribution in [3.8, 4) is 11.3 Å². The van der Waals surface area contributed by atoms with Gasteiger partial charge in [0.1, 0.15) is 11.2 Å². The van der Waals surface area contributed by atoms with Crippen molar-refractivity contribution >= 4 is 16.7 Å². The molecule has 0 radical (unpaired) electrons. The molecule has 0 unspecified atom stereocenters. The van der Waals surface area contributed by atoms with E-state index in [2.05, 4.69) is 19.9 Å². The monoisotopic (exact) mass is 359 g/mol. The van der Waals surface area contributed by atoms with E-state index in [1.165, 1.54) is 12.3 Å². The van der Waals surface area contributed by atoms with Crippen LogP contribution < -0.4 is 10.6 Å². The van der Waals surface area contributed by atoms with Crippen molar-refractivity contribution in [2.75, 3.05) is 18.0 Å². The van der Waals surface area contributed by atoms with Crippen molar-refractivity contribution < 1.29 is 13.2 Å². The minimum atomic E-state index is -4.46. The van der Waals surface area contributed by atoms with Gasteiger partial charge in [0.15, 0.2) is 0 Å². The summed E-state index contributed by atoms with van der Waals surface area (Å²) in [5.74, 6) is 0. The first-order valence-corrected chi connectivity index (χ1v) is 8.22. The number of pyridine rings is 3. The molecule has 4 heterocycles. The zero-order valence-corrected chi connectivity index (χ0v) is 13.7. The number of hydrogen-bond acceptors (Lipinski definition) is 5. The molecule has 0 aromatic carbocycles. The predicted octanol–water partition coefficient (Wildman–Crippen LogP) is 3.25. The van der Waals surface area contributed by atoms with Crippen LogP contribution in [0.3, 0.4) is 0 Å². The number of halogens is 3. The largest absolute Gasteiger partial charge is 0.433 e. The van der Waals surface area contributed by atoms with E-state index in [0.717, 1.165) is 36.8 Å². The minimum absolute atomic E-state index is 0.125. The second-order valence-corrected chi connectivity index (χ2v) is 6.32. The zero-order chi connectivity index (χ0) is 18.3. The molecular weight excluding hydrogens is 343 g/mol. The van der Waals surface area contributed by atoms with Crippen LogP contribution in [0.25, 0.3) is 22.3 Å². The third kappa shape index (κ3) is 3.08. The summed E-state index contributed by atoms with van der Waals surface area (Å²) in [6.45, 7) is 1.58. The second kappa shape index (κ2) is 6.21. The molecule has 8 heteroatoms. The number of rotatable bonds is 2. The number of fused-ring (bicyclic) bond motifs is 1. The highest BCUT2D eigenvalue weighted by atomic mass is 19.4. The normalized spacial score (nSPS) is 17.8. The molecule has 0 saturated carbocycles. The Morgan fingerprint density at radius 3 is 2.58 bits per heavy atom. The number of aromatic nitrogens is 3. The molecule has 4 rings (SSSR count). The number of nitrogens with two attached hydrogens (primary N) is 1. The lowest BCUT2D eigenvalue weighted by atomic mass is 10.1. The molecule has 0 bridgehead atoms. The lowest BCUT2D eigenvalue weighted by molar-refractivity contribution is -0.141. The number of anilines is 1. The van der Waals surface area contributed by atoms with Crippen molar-refractivity contribution in [3.63, 3.8) is 0 Å². The van der Waals surface area contributed by atoms with E-state index in [4.69, 9.17) is 5.73 Å². The third-order valence-electron chi connectivity index (χ3n) is 4.48. The van der Waals surface area contributed by atoms with E-state index < -0.39 is 11.9 Å². The predicted molar refractivity (Wildman–Crippen MR) is 92.6 cm³/mol. The molecule has 3 aromatic rings. The van der Waals surface area contributed by atoms with Gasteiger partial charge in [-0.2, -0.15) is 13.2 Å². The Balaban J connectivity index is 1.75. The van der Waals surface area contributed by atoms with Crippen LogP contribution in [0.5, 0.6) is 0 Å². The van der Waals surface area contributed by atoms with Gasteiger partial charge in [-0.3, -0.25) is 9.97 Å². The molecular formula is C18H16F3N5. The van der Waals surface area contributed by atoms with Crippen LogP contribution in [0.2, 0.25) is 0 Å². The van der Waals surface area contributed by atoms with E-state index in [-0.39, 0.29) is 6.04 Å². The van der Waals surface area contributed by atoms with Gasteiger partial charge >= 0.3 is 6.18 Å². The van der Waals surface area contributed by atoms with Gasteiger partial charge in [0.2, 0.25) is 0 Å². The zero-order valence-electron chi connectivity index (χ0n) is 13.7. The van der Waals surface area contributed by atoms with Crippen molar-refractivity contribution in [1.29, 1.82) is 0 Å². The van der Waals surface area contributed by atoms with Crippen LogP contribution >= 0.6 is 0 Å². The molecule has 2 N–H and O–H groups in total. The van der Waals surface area contributed by atoms with Crippen molar-refractivity contribution in [2.45, 2.75) is 18.6 Å². The molecule has 26 heavy (non-hydrogen) atoms. The Kier molecular flexibility index (Phi) is 3.99. The first-order valence-electron chi connectivity index (χ1n) is 8.22. The summed E-state index contributed by atoms with van der Waals surface area (Å²) in [6, 6.07) is 7.91. The van der Waals surface area contributed by atoms with Gasteiger partial charge in [0, 0.05) is 37.1 Å². The number of alkyl halides is 3. The highest BCUT2D eigenvalue weighted by molar-refractivity contribution is 5.89. The summed E-state index contributed by atoms with van der Waals surface area (Å²) < 4.78 is 38.1. The van der Waals surface area contributed by atoms with Crippen molar-refractivity contribution in [3.05, 3.63) is 48.4 Å². The maximum absolute atomic E-state index is 12.7. The molecule has 5 nitrogen and oxygen atoms in total. The standard InChI is InChI=1S/C18H16F3N5/c19-18(20,21)16-4-1-11(9-24-16)13-2-3-14-17(25-13)15(5-7-23-14)26-8-6-12(22)10-26/h1-5,7,9,12H,6,8,10,22H2/t12-/m0/s1. The Labute approximate surface area is 147 Å². The van der Waals surface area contributed by atoms with Gasteiger partial charge in [-0.1, -0.05) is 0 Å². The number of nitrogens with zero attached hydrogens (tertiary/aromatic N) is 4. The molecule has 3 aromatic heterocycles. The van der Waals surface area contributed by atoms with E-state index in [1.807, 2.05) is 12.1 Å². The van der Waals surface area contributed by atoms with E-state index >= 15 is 0 Å². The molecule has 1 aliphatic rings. The maximum Gasteiger partial charge on any atom is 0.433 e. The highest BCUT2D eigenvalue weighted by Crippen LogP contribution is 2.31. The van der Waals surface area contributed by atoms with Crippen molar-refractivity contribution in [2.24, 2.45) is 5.73 Å². The van der Waals surface area contributed by atoms with Gasteiger partial charge in [-0.15, -0.1) is 0 Å². The third-order valence-corrected chi connectivity index (χ3v) is 4.48. The molecule has 1 atom stereocenters. The molecule has 0 amide bonds. The fraction of sp³-hybridized carbons (Fsp3) is 0.278. The first kappa shape index (κ1) is 16.7. The van der Waals surface area contributed by atoms with E-state index in [9.17, 15) is 13.2 Å². The van der Waals surface area contributed by atoms with Gasteiger partial charge in [0.25, 0.3) is 0 Å². The van der Waals surface area contributed by atoms with Crippen LogP contribution in [0, 0.1) is 0 Å². The quantitative estimate of drug-likeness (QED) is 0.761. The lowest BCUT2D eigenvalue weighted by Gasteiger charge is -2.19. The molecule has 0 spiro atoms. The summed E-state index contributed by atoms with van der Waals surface area (Å²) in [5, 5.41) is 0. The topological polar surface area (TPSA) is 67.9 Å². The minimum Gasteiger partial charge on any atom is -0.368 e. The summed E-state index contributed by atoms with van der Waals surface area (Å²) in [4.78, 5) is 14.6. The van der Waals surface area contributed by atoms with Crippen LogP contribution in [-0.4, -0.2) is 34.1 Å². The smallest absolute Gasteiger partial charge is 0.368 e. The molecule has 1 fully saturated rings. The molecule has 134 valence electrons. The van der Waals surface area contributed by atoms with Crippen LogP contribution in [-0.2, 0) is 6.18 Å². The first-order chi connectivity index (χ1) is 12.4. The Morgan fingerprint density at radius 1 is 1.08 bits per heavy atom. The Morgan fingerprint density at radius 2 is 1.92 bits per heavy atom. The van der Waals surface area contributed by atoms with Crippen LogP contribution in [0.15, 0.2) is 42.7 Å².